The molecule has 0 bridgehead atoms. The normalized spacial score (nSPS) is 23.0. The standard InChI is InChI=1S/C24H24ClFN6O2/c1-3-28-23-17-12-34-22(14-4-7-16(26)8-5-14)21(17)30-24(27,31-23)15-6-9-18(19(10-15)33-2)32-11-20(25)29-13-32/h4-11,13,22,30H,3,12,27H2,1-2H3,(H,28,31). The smallest absolute Gasteiger partial charge is 0.190 e. The van der Waals surface area contributed by atoms with Crippen LogP contribution in [0, 0.1) is 5.82 Å². The van der Waals surface area contributed by atoms with Crippen LogP contribution in [0.5, 0.6) is 5.75 Å². The topological polar surface area (TPSA) is 98.7 Å². The second-order valence-corrected chi connectivity index (χ2v) is 8.39. The van der Waals surface area contributed by atoms with Gasteiger partial charge in [0.05, 0.1) is 25.1 Å². The number of methoxy groups -OCH3 is 1. The summed E-state index contributed by atoms with van der Waals surface area (Å²) in [5.41, 5.74) is 10.9. The monoisotopic (exact) mass is 482 g/mol. The van der Waals surface area contributed by atoms with Gasteiger partial charge in [-0.15, -0.1) is 0 Å². The van der Waals surface area contributed by atoms with E-state index >= 15 is 0 Å². The molecule has 1 aromatic heterocycles. The van der Waals surface area contributed by atoms with E-state index in [9.17, 15) is 4.39 Å². The van der Waals surface area contributed by atoms with Gasteiger partial charge in [0, 0.05) is 23.9 Å². The van der Waals surface area contributed by atoms with Gasteiger partial charge in [0.25, 0.3) is 0 Å². The maximum Gasteiger partial charge on any atom is 0.190 e. The third-order valence-electron chi connectivity index (χ3n) is 5.87. The van der Waals surface area contributed by atoms with E-state index in [1.165, 1.54) is 12.1 Å². The maximum absolute atomic E-state index is 13.5. The highest BCUT2D eigenvalue weighted by molar-refractivity contribution is 6.29. The lowest BCUT2D eigenvalue weighted by atomic mass is 9.97. The van der Waals surface area contributed by atoms with Gasteiger partial charge in [0.2, 0.25) is 0 Å². The molecule has 0 saturated carbocycles. The summed E-state index contributed by atoms with van der Waals surface area (Å²) in [4.78, 5) is 8.70. The Bertz CT molecular complexity index is 1290. The summed E-state index contributed by atoms with van der Waals surface area (Å²) in [7, 11) is 1.59. The van der Waals surface area contributed by atoms with Crippen LogP contribution in [-0.4, -0.2) is 35.6 Å². The van der Waals surface area contributed by atoms with Gasteiger partial charge < -0.3 is 24.7 Å². The van der Waals surface area contributed by atoms with Crippen LogP contribution >= 0.6 is 11.6 Å². The summed E-state index contributed by atoms with van der Waals surface area (Å²) in [5, 5.41) is 7.14. The number of ether oxygens (including phenoxy) is 2. The molecule has 2 aromatic carbocycles. The molecule has 3 aromatic rings. The van der Waals surface area contributed by atoms with Crippen LogP contribution in [0.2, 0.25) is 5.15 Å². The fourth-order valence-electron chi connectivity index (χ4n) is 4.23. The van der Waals surface area contributed by atoms with Gasteiger partial charge in [-0.2, -0.15) is 0 Å². The highest BCUT2D eigenvalue weighted by atomic mass is 35.5. The first kappa shape index (κ1) is 22.4. The van der Waals surface area contributed by atoms with Gasteiger partial charge in [-0.3, -0.25) is 10.7 Å². The van der Waals surface area contributed by atoms with Crippen molar-refractivity contribution >= 4 is 17.4 Å². The zero-order chi connectivity index (χ0) is 23.9. The summed E-state index contributed by atoms with van der Waals surface area (Å²) in [5.74, 6) is -0.252. The van der Waals surface area contributed by atoms with Crippen LogP contribution < -0.4 is 21.1 Å². The van der Waals surface area contributed by atoms with Gasteiger partial charge in [-0.1, -0.05) is 29.8 Å². The van der Waals surface area contributed by atoms with Crippen molar-refractivity contribution in [2.75, 3.05) is 20.3 Å². The lowest BCUT2D eigenvalue weighted by molar-refractivity contribution is 0.114. The number of hydrogen-bond acceptors (Lipinski definition) is 6. The minimum Gasteiger partial charge on any atom is -0.495 e. The molecule has 2 aliphatic rings. The molecular formula is C24H24ClFN6O2. The molecule has 2 unspecified atom stereocenters. The van der Waals surface area contributed by atoms with Crippen LogP contribution in [0.4, 0.5) is 4.39 Å². The molecule has 0 aliphatic carbocycles. The average Bonchev–Trinajstić information content (AvgIpc) is 3.45. The fourth-order valence-corrected chi connectivity index (χ4v) is 4.38. The zero-order valence-corrected chi connectivity index (χ0v) is 19.4. The molecule has 176 valence electrons. The number of aromatic nitrogens is 2. The zero-order valence-electron chi connectivity index (χ0n) is 18.7. The first-order chi connectivity index (χ1) is 16.4. The van der Waals surface area contributed by atoms with E-state index in [1.807, 2.05) is 25.1 Å². The molecule has 2 atom stereocenters. The Kier molecular flexibility index (Phi) is 5.76. The number of halogens is 2. The van der Waals surface area contributed by atoms with Crippen molar-refractivity contribution in [2.24, 2.45) is 10.7 Å². The van der Waals surface area contributed by atoms with E-state index in [2.05, 4.69) is 20.6 Å². The summed E-state index contributed by atoms with van der Waals surface area (Å²) in [6.45, 7) is 2.88. The first-order valence-corrected chi connectivity index (χ1v) is 11.2. The van der Waals surface area contributed by atoms with Gasteiger partial charge in [-0.05, 0) is 36.8 Å². The van der Waals surface area contributed by atoms with Gasteiger partial charge >= 0.3 is 0 Å². The molecule has 8 nitrogen and oxygen atoms in total. The Morgan fingerprint density at radius 3 is 2.76 bits per heavy atom. The van der Waals surface area contributed by atoms with Crippen LogP contribution in [0.15, 0.2) is 71.3 Å². The summed E-state index contributed by atoms with van der Waals surface area (Å²) >= 11 is 5.99. The number of hydrogen-bond donors (Lipinski definition) is 3. The van der Waals surface area contributed by atoms with Gasteiger partial charge in [-0.25, -0.2) is 9.37 Å². The number of nitrogens with two attached hydrogens (primary N) is 1. The molecule has 5 rings (SSSR count). The lowest BCUT2D eigenvalue weighted by Crippen LogP contribution is -2.65. The van der Waals surface area contributed by atoms with Crippen molar-refractivity contribution < 1.29 is 13.9 Å². The van der Waals surface area contributed by atoms with Crippen molar-refractivity contribution in [3.05, 3.63) is 88.4 Å². The van der Waals surface area contributed by atoms with Gasteiger partial charge in [0.15, 0.2) is 5.79 Å². The SMILES string of the molecule is CCN=C1NC(N)(c2ccc(-n3cnc(Cl)c3)c(OC)c2)NC2=C1COC2c1ccc(F)cc1. The van der Waals surface area contributed by atoms with Gasteiger partial charge in [0.1, 0.15) is 35.0 Å². The predicted octanol–water partition coefficient (Wildman–Crippen LogP) is 3.38. The largest absolute Gasteiger partial charge is 0.495 e. The van der Waals surface area contributed by atoms with Crippen LogP contribution in [0.1, 0.15) is 24.2 Å². The first-order valence-electron chi connectivity index (χ1n) is 10.8. The second kappa shape index (κ2) is 8.75. The quantitative estimate of drug-likeness (QED) is 0.515. The van der Waals surface area contributed by atoms with Crippen molar-refractivity contribution in [2.45, 2.75) is 18.8 Å². The van der Waals surface area contributed by atoms with E-state index in [-0.39, 0.29) is 5.82 Å². The number of amidine groups is 1. The van der Waals surface area contributed by atoms with Crippen molar-refractivity contribution in [3.8, 4) is 11.4 Å². The number of imidazole rings is 1. The van der Waals surface area contributed by atoms with Crippen molar-refractivity contribution in [1.82, 2.24) is 20.2 Å². The molecule has 10 heteroatoms. The Morgan fingerprint density at radius 2 is 2.09 bits per heavy atom. The molecule has 0 saturated heterocycles. The second-order valence-electron chi connectivity index (χ2n) is 8.01. The Morgan fingerprint density at radius 1 is 1.29 bits per heavy atom. The van der Waals surface area contributed by atoms with E-state index in [0.29, 0.717) is 29.9 Å². The summed E-state index contributed by atoms with van der Waals surface area (Å²) in [6, 6.07) is 11.9. The maximum atomic E-state index is 13.5. The molecule has 34 heavy (non-hydrogen) atoms. The molecule has 0 amide bonds. The van der Waals surface area contributed by atoms with E-state index in [1.54, 1.807) is 36.3 Å². The number of rotatable bonds is 5. The number of benzene rings is 2. The Balaban J connectivity index is 1.55. The minimum atomic E-state index is -1.20. The molecule has 2 aliphatic heterocycles. The molecule has 3 heterocycles. The number of aliphatic imine (C=N–C) groups is 1. The summed E-state index contributed by atoms with van der Waals surface area (Å²) in [6.07, 6.45) is 2.89. The minimum absolute atomic E-state index is 0.304. The third-order valence-corrected chi connectivity index (χ3v) is 6.06. The Hall–Kier alpha value is -3.40. The van der Waals surface area contributed by atoms with E-state index < -0.39 is 11.9 Å². The molecule has 0 spiro atoms. The molecule has 0 fully saturated rings. The van der Waals surface area contributed by atoms with Crippen LogP contribution in [0.3, 0.4) is 0 Å². The number of nitrogens with zero attached hydrogens (tertiary/aromatic N) is 3. The van der Waals surface area contributed by atoms with E-state index in [0.717, 1.165) is 28.1 Å². The van der Waals surface area contributed by atoms with Crippen LogP contribution in [-0.2, 0) is 10.5 Å². The predicted molar refractivity (Wildman–Crippen MR) is 127 cm³/mol. The lowest BCUT2D eigenvalue weighted by Gasteiger charge is -2.39. The van der Waals surface area contributed by atoms with Crippen molar-refractivity contribution in [1.29, 1.82) is 0 Å². The number of nitrogens with one attached hydrogen (secondary N) is 2. The van der Waals surface area contributed by atoms with Crippen molar-refractivity contribution in [3.63, 3.8) is 0 Å². The molecule has 4 N–H and O–H groups in total. The van der Waals surface area contributed by atoms with E-state index in [4.69, 9.17) is 26.8 Å². The summed E-state index contributed by atoms with van der Waals surface area (Å²) < 4.78 is 27.0. The third kappa shape index (κ3) is 3.91. The van der Waals surface area contributed by atoms with Crippen LogP contribution in [0.25, 0.3) is 5.69 Å². The highest BCUT2D eigenvalue weighted by Crippen LogP contribution is 2.38. The Labute approximate surface area is 201 Å². The average molecular weight is 483 g/mol. The highest BCUT2D eigenvalue weighted by Gasteiger charge is 2.42. The fraction of sp³-hybridized carbons (Fsp3) is 0.250. The molecule has 0 radical (unpaired) electrons. The molecular weight excluding hydrogens is 459 g/mol.